The molecule has 0 atom stereocenters. The maximum absolute atomic E-state index is 13.4. The molecule has 0 fully saturated rings. The number of carboxylic acids is 1. The van der Waals surface area contributed by atoms with Gasteiger partial charge in [-0.05, 0) is 43.3 Å². The molecule has 0 aliphatic rings. The maximum atomic E-state index is 13.4. The van der Waals surface area contributed by atoms with Gasteiger partial charge in [-0.2, -0.15) is 18.3 Å². The van der Waals surface area contributed by atoms with Crippen LogP contribution < -0.4 is 5.14 Å². The quantitative estimate of drug-likeness (QED) is 0.666. The van der Waals surface area contributed by atoms with E-state index in [1.54, 1.807) is 0 Å². The van der Waals surface area contributed by atoms with Gasteiger partial charge in [-0.25, -0.2) is 23.0 Å². The second-order valence-corrected chi connectivity index (χ2v) is 7.71. The molecule has 3 N–H and O–H groups in total. The van der Waals surface area contributed by atoms with Gasteiger partial charge in [0.15, 0.2) is 5.69 Å². The highest BCUT2D eigenvalue weighted by atomic mass is 32.2. The first-order valence-electron chi connectivity index (χ1n) is 8.03. The molecule has 1 heterocycles. The largest absolute Gasteiger partial charge is 0.478 e. The lowest BCUT2D eigenvalue weighted by Gasteiger charge is -2.10. The lowest BCUT2D eigenvalue weighted by Crippen LogP contribution is -2.12. The minimum atomic E-state index is -4.72. The monoisotopic (exact) mass is 425 g/mol. The van der Waals surface area contributed by atoms with Crippen molar-refractivity contribution in [2.45, 2.75) is 18.0 Å². The molecule has 3 rings (SSSR count). The Morgan fingerprint density at radius 1 is 1.07 bits per heavy atom. The van der Waals surface area contributed by atoms with E-state index in [4.69, 9.17) is 10.2 Å². The summed E-state index contributed by atoms with van der Waals surface area (Å²) in [6, 6.07) is 10.2. The second-order valence-electron chi connectivity index (χ2n) is 6.15. The molecule has 0 saturated heterocycles. The summed E-state index contributed by atoms with van der Waals surface area (Å²) >= 11 is 0. The van der Waals surface area contributed by atoms with Gasteiger partial charge in [0.1, 0.15) is 0 Å². The number of carboxylic acid groups (broad SMARTS) is 1. The van der Waals surface area contributed by atoms with Crippen LogP contribution in [0.1, 0.15) is 21.6 Å². The number of rotatable bonds is 4. The number of nitrogens with two attached hydrogens (primary N) is 1. The van der Waals surface area contributed by atoms with E-state index in [2.05, 4.69) is 5.10 Å². The number of sulfonamides is 1. The van der Waals surface area contributed by atoms with Crippen LogP contribution >= 0.6 is 0 Å². The summed E-state index contributed by atoms with van der Waals surface area (Å²) in [6.07, 6.45) is -4.72. The average Bonchev–Trinajstić information content (AvgIpc) is 2.98. The molecule has 11 heteroatoms. The summed E-state index contributed by atoms with van der Waals surface area (Å²) in [4.78, 5) is 10.8. The number of benzene rings is 2. The van der Waals surface area contributed by atoms with Crippen molar-refractivity contribution >= 4 is 16.0 Å². The molecule has 3 aromatic rings. The van der Waals surface area contributed by atoms with Gasteiger partial charge < -0.3 is 5.11 Å². The van der Waals surface area contributed by atoms with Crippen LogP contribution in [0.25, 0.3) is 16.9 Å². The van der Waals surface area contributed by atoms with E-state index in [0.717, 1.165) is 16.8 Å². The number of nitrogens with zero attached hydrogens (tertiary/aromatic N) is 2. The molecule has 29 heavy (non-hydrogen) atoms. The first-order valence-corrected chi connectivity index (χ1v) is 9.58. The van der Waals surface area contributed by atoms with Gasteiger partial charge >= 0.3 is 12.1 Å². The van der Waals surface area contributed by atoms with Gasteiger partial charge in [-0.1, -0.05) is 12.1 Å². The van der Waals surface area contributed by atoms with E-state index in [1.165, 1.54) is 43.3 Å². The van der Waals surface area contributed by atoms with Crippen LogP contribution in [0.2, 0.25) is 0 Å². The Kier molecular flexibility index (Phi) is 4.97. The lowest BCUT2D eigenvalue weighted by molar-refractivity contribution is -0.141. The topological polar surface area (TPSA) is 115 Å². The zero-order valence-electron chi connectivity index (χ0n) is 14.8. The van der Waals surface area contributed by atoms with Crippen molar-refractivity contribution in [3.05, 3.63) is 65.4 Å². The Hall–Kier alpha value is -3.18. The molecule has 0 spiro atoms. The van der Waals surface area contributed by atoms with Gasteiger partial charge in [0.2, 0.25) is 10.0 Å². The van der Waals surface area contributed by atoms with E-state index in [1.807, 2.05) is 0 Å². The van der Waals surface area contributed by atoms with Gasteiger partial charge in [0.25, 0.3) is 0 Å². The maximum Gasteiger partial charge on any atom is 0.435 e. The summed E-state index contributed by atoms with van der Waals surface area (Å²) < 4.78 is 64.1. The minimum Gasteiger partial charge on any atom is -0.478 e. The van der Waals surface area contributed by atoms with Crippen molar-refractivity contribution in [2.75, 3.05) is 0 Å². The highest BCUT2D eigenvalue weighted by Crippen LogP contribution is 2.37. The number of aromatic nitrogens is 2. The first-order chi connectivity index (χ1) is 13.4. The highest BCUT2D eigenvalue weighted by Gasteiger charge is 2.38. The summed E-state index contributed by atoms with van der Waals surface area (Å²) in [5, 5.41) is 17.7. The number of hydrogen-bond donors (Lipinski definition) is 2. The number of aromatic carboxylic acids is 1. The molecule has 2 aromatic carbocycles. The Bertz CT molecular complexity index is 1180. The molecule has 0 aliphatic carbocycles. The van der Waals surface area contributed by atoms with Crippen LogP contribution in [0.15, 0.2) is 53.4 Å². The van der Waals surface area contributed by atoms with Crippen molar-refractivity contribution in [1.82, 2.24) is 9.78 Å². The van der Waals surface area contributed by atoms with Crippen LogP contribution in [0.4, 0.5) is 13.2 Å². The highest BCUT2D eigenvalue weighted by molar-refractivity contribution is 7.89. The predicted molar refractivity (Wildman–Crippen MR) is 97.1 cm³/mol. The fraction of sp³-hybridized carbons (Fsp3) is 0.111. The van der Waals surface area contributed by atoms with Crippen LogP contribution in [0, 0.1) is 6.92 Å². The van der Waals surface area contributed by atoms with Gasteiger partial charge in [-0.15, -0.1) is 0 Å². The summed E-state index contributed by atoms with van der Waals surface area (Å²) in [5.41, 5.74) is -0.704. The summed E-state index contributed by atoms with van der Waals surface area (Å²) in [5.74, 6) is -1.17. The molecule has 0 saturated carbocycles. The summed E-state index contributed by atoms with van der Waals surface area (Å²) in [7, 11) is -3.97. The third-order valence-electron chi connectivity index (χ3n) is 4.21. The molecular formula is C18H14F3N3O4S. The Morgan fingerprint density at radius 3 is 2.07 bits per heavy atom. The second kappa shape index (κ2) is 7.01. The standard InChI is InChI=1S/C18H14F3N3O4S/c1-10-15(11-2-4-12(5-3-11)17(25)26)24(23-16(10)18(19,20)21)13-6-8-14(9-7-13)29(22,27)28/h2-9H,1H3,(H,25,26)(H2,22,27,28). The molecule has 1 aromatic heterocycles. The average molecular weight is 425 g/mol. The molecule has 7 nitrogen and oxygen atoms in total. The molecular weight excluding hydrogens is 411 g/mol. The third kappa shape index (κ3) is 4.00. The van der Waals surface area contributed by atoms with Crippen molar-refractivity contribution in [1.29, 1.82) is 0 Å². The molecule has 152 valence electrons. The Labute approximate surface area is 163 Å². The van der Waals surface area contributed by atoms with E-state index < -0.39 is 27.9 Å². The number of carbonyl (C=O) groups is 1. The fourth-order valence-electron chi connectivity index (χ4n) is 2.84. The van der Waals surface area contributed by atoms with E-state index in [-0.39, 0.29) is 27.4 Å². The summed E-state index contributed by atoms with van der Waals surface area (Å²) in [6.45, 7) is 1.26. The molecule has 0 aliphatic heterocycles. The SMILES string of the molecule is Cc1c(C(F)(F)F)nn(-c2ccc(S(N)(=O)=O)cc2)c1-c1ccc(C(=O)O)cc1. The van der Waals surface area contributed by atoms with Crippen LogP contribution in [0.3, 0.4) is 0 Å². The number of hydrogen-bond acceptors (Lipinski definition) is 4. The molecule has 0 amide bonds. The predicted octanol–water partition coefficient (Wildman–Crippen LogP) is 3.21. The number of primary sulfonamides is 1. The molecule has 0 unspecified atom stereocenters. The molecule has 0 radical (unpaired) electrons. The van der Waals surface area contributed by atoms with Crippen LogP contribution in [-0.2, 0) is 16.2 Å². The zero-order valence-corrected chi connectivity index (χ0v) is 15.6. The molecule has 0 bridgehead atoms. The van der Waals surface area contributed by atoms with E-state index in [9.17, 15) is 26.4 Å². The fourth-order valence-corrected chi connectivity index (χ4v) is 3.35. The number of alkyl halides is 3. The first kappa shape index (κ1) is 20.6. The van der Waals surface area contributed by atoms with Crippen molar-refractivity contribution in [3.63, 3.8) is 0 Å². The van der Waals surface area contributed by atoms with Crippen molar-refractivity contribution < 1.29 is 31.5 Å². The van der Waals surface area contributed by atoms with E-state index >= 15 is 0 Å². The minimum absolute atomic E-state index is 0.0222. The lowest BCUT2D eigenvalue weighted by atomic mass is 10.0. The number of halogens is 3. The third-order valence-corrected chi connectivity index (χ3v) is 5.14. The van der Waals surface area contributed by atoms with Gasteiger partial charge in [0, 0.05) is 11.1 Å². The zero-order chi connectivity index (χ0) is 21.6. The Morgan fingerprint density at radius 2 is 1.62 bits per heavy atom. The van der Waals surface area contributed by atoms with Gasteiger partial charge in [0.05, 0.1) is 21.8 Å². The van der Waals surface area contributed by atoms with Crippen LogP contribution in [0.5, 0.6) is 0 Å². The van der Waals surface area contributed by atoms with Crippen LogP contribution in [-0.4, -0.2) is 29.3 Å². The van der Waals surface area contributed by atoms with Gasteiger partial charge in [-0.3, -0.25) is 0 Å². The van der Waals surface area contributed by atoms with Crippen molar-refractivity contribution in [3.8, 4) is 16.9 Å². The van der Waals surface area contributed by atoms with Crippen molar-refractivity contribution in [2.24, 2.45) is 5.14 Å². The Balaban J connectivity index is 2.22. The smallest absolute Gasteiger partial charge is 0.435 e. The normalized spacial score (nSPS) is 12.2. The van der Waals surface area contributed by atoms with E-state index in [0.29, 0.717) is 5.56 Å².